The fourth-order valence-electron chi connectivity index (χ4n) is 1.75. The minimum Gasteiger partial charge on any atom is -0.462 e. The quantitative estimate of drug-likeness (QED) is 0.774. The van der Waals surface area contributed by atoms with Crippen LogP contribution in [0.1, 0.15) is 29.8 Å². The molecule has 3 nitrogen and oxygen atoms in total. The van der Waals surface area contributed by atoms with E-state index in [-0.39, 0.29) is 5.97 Å². The summed E-state index contributed by atoms with van der Waals surface area (Å²) in [6.45, 7) is 4.25. The Labute approximate surface area is 95.1 Å². The Morgan fingerprint density at radius 1 is 1.50 bits per heavy atom. The second-order valence-electron chi connectivity index (χ2n) is 3.81. The molecular formula is C13H15NO2. The zero-order valence-electron chi connectivity index (χ0n) is 9.54. The van der Waals surface area contributed by atoms with Crippen LogP contribution in [0.4, 0.5) is 5.69 Å². The first kappa shape index (κ1) is 10.7. The first-order valence-electron chi connectivity index (χ1n) is 5.44. The highest BCUT2D eigenvalue weighted by atomic mass is 16.5. The molecule has 2 rings (SSSR count). The molecule has 1 aromatic rings. The van der Waals surface area contributed by atoms with Crippen molar-refractivity contribution in [2.45, 2.75) is 20.3 Å². The van der Waals surface area contributed by atoms with Crippen LogP contribution in [0.25, 0.3) is 0 Å². The first-order chi connectivity index (χ1) is 7.70. The van der Waals surface area contributed by atoms with Gasteiger partial charge in [0.25, 0.3) is 0 Å². The highest BCUT2D eigenvalue weighted by molar-refractivity contribution is 5.90. The second-order valence-corrected chi connectivity index (χ2v) is 3.81. The van der Waals surface area contributed by atoms with Gasteiger partial charge in [-0.1, -0.05) is 6.08 Å². The van der Waals surface area contributed by atoms with Gasteiger partial charge in [-0.3, -0.25) is 0 Å². The summed E-state index contributed by atoms with van der Waals surface area (Å²) in [7, 11) is 0. The number of nitrogens with one attached hydrogen (secondary N) is 1. The van der Waals surface area contributed by atoms with E-state index in [9.17, 15) is 4.79 Å². The predicted octanol–water partition coefficient (Wildman–Crippen LogP) is 2.74. The topological polar surface area (TPSA) is 38.3 Å². The zero-order valence-corrected chi connectivity index (χ0v) is 9.54. The molecule has 3 heteroatoms. The van der Waals surface area contributed by atoms with Crippen molar-refractivity contribution in [3.8, 4) is 0 Å². The number of anilines is 1. The number of carbonyl (C=O) groups is 1. The molecule has 1 heterocycles. The third-order valence-corrected chi connectivity index (χ3v) is 2.58. The van der Waals surface area contributed by atoms with Crippen molar-refractivity contribution in [3.05, 3.63) is 41.1 Å². The number of hydrogen-bond acceptors (Lipinski definition) is 3. The Bertz CT molecular complexity index is 449. The van der Waals surface area contributed by atoms with Gasteiger partial charge in [-0.25, -0.2) is 4.79 Å². The summed E-state index contributed by atoms with van der Waals surface area (Å²) >= 11 is 0. The van der Waals surface area contributed by atoms with Crippen molar-refractivity contribution >= 4 is 11.7 Å². The minimum atomic E-state index is -0.253. The van der Waals surface area contributed by atoms with E-state index in [0.29, 0.717) is 12.2 Å². The number of hydrogen-bond donors (Lipinski definition) is 1. The van der Waals surface area contributed by atoms with Gasteiger partial charge in [0.15, 0.2) is 0 Å². The van der Waals surface area contributed by atoms with Crippen LogP contribution in [-0.4, -0.2) is 12.6 Å². The third-order valence-electron chi connectivity index (χ3n) is 2.58. The van der Waals surface area contributed by atoms with Crippen LogP contribution in [0.5, 0.6) is 0 Å². The molecule has 0 atom stereocenters. The SMILES string of the molecule is CCOC(=O)c1ccc2c(c1)CC=C(C)N2. The van der Waals surface area contributed by atoms with Gasteiger partial charge in [0.2, 0.25) is 0 Å². The van der Waals surface area contributed by atoms with E-state index < -0.39 is 0 Å². The number of carbonyl (C=O) groups excluding carboxylic acids is 1. The molecule has 16 heavy (non-hydrogen) atoms. The van der Waals surface area contributed by atoms with Crippen molar-refractivity contribution in [3.63, 3.8) is 0 Å². The highest BCUT2D eigenvalue weighted by Crippen LogP contribution is 2.24. The van der Waals surface area contributed by atoms with E-state index in [1.807, 2.05) is 26.0 Å². The summed E-state index contributed by atoms with van der Waals surface area (Å²) in [5.74, 6) is -0.253. The van der Waals surface area contributed by atoms with E-state index in [4.69, 9.17) is 4.74 Å². The summed E-state index contributed by atoms with van der Waals surface area (Å²) in [4.78, 5) is 11.5. The van der Waals surface area contributed by atoms with E-state index in [1.165, 1.54) is 0 Å². The molecule has 0 radical (unpaired) electrons. The van der Waals surface area contributed by atoms with Gasteiger partial charge in [0.05, 0.1) is 12.2 Å². The standard InChI is InChI=1S/C13H15NO2/c1-3-16-13(15)11-6-7-12-10(8-11)5-4-9(2)14-12/h4,6-8,14H,3,5H2,1-2H3. The minimum absolute atomic E-state index is 0.253. The normalized spacial score (nSPS) is 13.5. The van der Waals surface area contributed by atoms with Gasteiger partial charge in [-0.15, -0.1) is 0 Å². The van der Waals surface area contributed by atoms with Gasteiger partial charge in [0.1, 0.15) is 0 Å². The van der Waals surface area contributed by atoms with Crippen LogP contribution in [0.15, 0.2) is 30.0 Å². The molecule has 1 aliphatic heterocycles. The Kier molecular flexibility index (Phi) is 2.95. The number of allylic oxidation sites excluding steroid dienone is 2. The van der Waals surface area contributed by atoms with Gasteiger partial charge in [0, 0.05) is 11.4 Å². The molecule has 0 aromatic heterocycles. The van der Waals surface area contributed by atoms with E-state index in [2.05, 4.69) is 11.4 Å². The average Bonchev–Trinajstić information content (AvgIpc) is 2.28. The Hall–Kier alpha value is -1.77. The Morgan fingerprint density at radius 2 is 2.31 bits per heavy atom. The van der Waals surface area contributed by atoms with Gasteiger partial charge in [-0.05, 0) is 44.0 Å². The molecule has 1 aromatic carbocycles. The number of fused-ring (bicyclic) bond motifs is 1. The molecule has 1 aliphatic rings. The Balaban J connectivity index is 2.25. The van der Waals surface area contributed by atoms with Crippen molar-refractivity contribution in [1.29, 1.82) is 0 Å². The molecule has 84 valence electrons. The number of rotatable bonds is 2. The van der Waals surface area contributed by atoms with Crippen molar-refractivity contribution in [1.82, 2.24) is 0 Å². The number of ether oxygens (including phenoxy) is 1. The average molecular weight is 217 g/mol. The Morgan fingerprint density at radius 3 is 3.06 bits per heavy atom. The maximum absolute atomic E-state index is 11.5. The fraction of sp³-hybridized carbons (Fsp3) is 0.308. The maximum atomic E-state index is 11.5. The molecule has 0 unspecified atom stereocenters. The van der Waals surface area contributed by atoms with Crippen molar-refractivity contribution in [2.24, 2.45) is 0 Å². The molecule has 0 spiro atoms. The van der Waals surface area contributed by atoms with Crippen LogP contribution in [0.3, 0.4) is 0 Å². The number of benzene rings is 1. The van der Waals surface area contributed by atoms with Crippen LogP contribution in [0.2, 0.25) is 0 Å². The van der Waals surface area contributed by atoms with Crippen LogP contribution in [-0.2, 0) is 11.2 Å². The molecule has 0 saturated carbocycles. The first-order valence-corrected chi connectivity index (χ1v) is 5.44. The molecular weight excluding hydrogens is 202 g/mol. The van der Waals surface area contributed by atoms with Crippen LogP contribution >= 0.6 is 0 Å². The molecule has 0 saturated heterocycles. The molecule has 0 bridgehead atoms. The van der Waals surface area contributed by atoms with Gasteiger partial charge >= 0.3 is 5.97 Å². The monoisotopic (exact) mass is 217 g/mol. The zero-order chi connectivity index (χ0) is 11.5. The van der Waals surface area contributed by atoms with Crippen LogP contribution in [0, 0.1) is 0 Å². The molecule has 0 amide bonds. The van der Waals surface area contributed by atoms with E-state index >= 15 is 0 Å². The van der Waals surface area contributed by atoms with Crippen molar-refractivity contribution < 1.29 is 9.53 Å². The fourth-order valence-corrected chi connectivity index (χ4v) is 1.75. The summed E-state index contributed by atoms with van der Waals surface area (Å²) in [6, 6.07) is 5.61. The van der Waals surface area contributed by atoms with E-state index in [0.717, 1.165) is 23.4 Å². The lowest BCUT2D eigenvalue weighted by atomic mass is 10.0. The molecule has 1 N–H and O–H groups in total. The second kappa shape index (κ2) is 4.39. The highest BCUT2D eigenvalue weighted by Gasteiger charge is 2.12. The maximum Gasteiger partial charge on any atom is 0.338 e. The molecule has 0 aliphatic carbocycles. The van der Waals surface area contributed by atoms with Gasteiger partial charge < -0.3 is 10.1 Å². The lowest BCUT2D eigenvalue weighted by Crippen LogP contribution is -2.09. The third kappa shape index (κ3) is 2.08. The summed E-state index contributed by atoms with van der Waals surface area (Å²) < 4.78 is 4.97. The van der Waals surface area contributed by atoms with Crippen LogP contribution < -0.4 is 5.32 Å². The predicted molar refractivity (Wildman–Crippen MR) is 63.5 cm³/mol. The summed E-state index contributed by atoms with van der Waals surface area (Å²) in [6.07, 6.45) is 2.97. The largest absolute Gasteiger partial charge is 0.462 e. The number of esters is 1. The van der Waals surface area contributed by atoms with E-state index in [1.54, 1.807) is 6.07 Å². The lowest BCUT2D eigenvalue weighted by molar-refractivity contribution is 0.0526. The summed E-state index contributed by atoms with van der Waals surface area (Å²) in [5.41, 5.74) is 3.98. The van der Waals surface area contributed by atoms with Gasteiger partial charge in [-0.2, -0.15) is 0 Å². The summed E-state index contributed by atoms with van der Waals surface area (Å²) in [5, 5.41) is 3.27. The molecule has 0 fully saturated rings. The smallest absolute Gasteiger partial charge is 0.338 e. The lowest BCUT2D eigenvalue weighted by Gasteiger charge is -2.17. The van der Waals surface area contributed by atoms with Crippen molar-refractivity contribution in [2.75, 3.05) is 11.9 Å².